The highest BCUT2D eigenvalue weighted by molar-refractivity contribution is 5.76. The second kappa shape index (κ2) is 4.90. The Bertz CT molecular complexity index is 419. The second-order valence-corrected chi connectivity index (χ2v) is 5.02. The van der Waals surface area contributed by atoms with Gasteiger partial charge in [0.25, 0.3) is 0 Å². The van der Waals surface area contributed by atoms with Crippen LogP contribution in [0.3, 0.4) is 0 Å². The van der Waals surface area contributed by atoms with Crippen molar-refractivity contribution in [2.45, 2.75) is 39.5 Å². The van der Waals surface area contributed by atoms with E-state index in [0.29, 0.717) is 6.42 Å². The van der Waals surface area contributed by atoms with Crippen molar-refractivity contribution >= 4 is 5.91 Å². The third kappa shape index (κ3) is 3.08. The molecule has 0 spiro atoms. The normalized spacial score (nSPS) is 15.0. The Morgan fingerprint density at radius 3 is 2.71 bits per heavy atom. The van der Waals surface area contributed by atoms with Crippen LogP contribution in [-0.2, 0) is 18.3 Å². The number of carbonyl (C=O) groups excluding carboxylic acids is 1. The topological polar surface area (TPSA) is 46.9 Å². The Hall–Kier alpha value is -1.32. The van der Waals surface area contributed by atoms with Crippen LogP contribution in [0.2, 0.25) is 0 Å². The summed E-state index contributed by atoms with van der Waals surface area (Å²) in [6.07, 6.45) is 3.92. The van der Waals surface area contributed by atoms with Crippen LogP contribution in [0.1, 0.15) is 36.2 Å². The lowest BCUT2D eigenvalue weighted by Gasteiger charge is -2.04. The molecule has 0 aliphatic heterocycles. The smallest absolute Gasteiger partial charge is 0.220 e. The number of hydrogen-bond acceptors (Lipinski definition) is 2. The highest BCUT2D eigenvalue weighted by Gasteiger charge is 2.21. The van der Waals surface area contributed by atoms with Gasteiger partial charge in [0, 0.05) is 25.7 Å². The van der Waals surface area contributed by atoms with Crippen molar-refractivity contribution in [3.05, 3.63) is 17.0 Å². The van der Waals surface area contributed by atoms with Gasteiger partial charge in [-0.2, -0.15) is 5.10 Å². The van der Waals surface area contributed by atoms with E-state index < -0.39 is 0 Å². The Morgan fingerprint density at radius 2 is 2.18 bits per heavy atom. The van der Waals surface area contributed by atoms with E-state index in [2.05, 4.69) is 17.3 Å². The molecule has 0 radical (unpaired) electrons. The molecule has 0 aromatic carbocycles. The van der Waals surface area contributed by atoms with Crippen LogP contribution in [0.15, 0.2) is 0 Å². The standard InChI is InChI=1S/C13H21N3O/c1-9-12(10(2)16(3)15-9)6-7-13(17)14-8-11-4-5-11/h11H,4-8H2,1-3H3,(H,14,17). The first-order chi connectivity index (χ1) is 8.08. The molecular formula is C13H21N3O. The summed E-state index contributed by atoms with van der Waals surface area (Å²) >= 11 is 0. The molecule has 1 aromatic rings. The van der Waals surface area contributed by atoms with E-state index in [0.717, 1.165) is 30.3 Å². The lowest BCUT2D eigenvalue weighted by molar-refractivity contribution is -0.121. The molecule has 0 atom stereocenters. The van der Waals surface area contributed by atoms with Crippen molar-refractivity contribution in [1.29, 1.82) is 0 Å². The van der Waals surface area contributed by atoms with E-state index in [1.54, 1.807) is 0 Å². The van der Waals surface area contributed by atoms with Crippen LogP contribution in [0.5, 0.6) is 0 Å². The molecule has 1 amide bonds. The maximum Gasteiger partial charge on any atom is 0.220 e. The van der Waals surface area contributed by atoms with Crippen LogP contribution in [0.25, 0.3) is 0 Å². The molecule has 4 nitrogen and oxygen atoms in total. The zero-order valence-corrected chi connectivity index (χ0v) is 10.9. The molecule has 0 unspecified atom stereocenters. The zero-order valence-electron chi connectivity index (χ0n) is 10.9. The van der Waals surface area contributed by atoms with Gasteiger partial charge in [0.15, 0.2) is 0 Å². The molecule has 1 saturated carbocycles. The van der Waals surface area contributed by atoms with Crippen molar-refractivity contribution in [1.82, 2.24) is 15.1 Å². The van der Waals surface area contributed by atoms with Crippen LogP contribution >= 0.6 is 0 Å². The molecule has 1 heterocycles. The summed E-state index contributed by atoms with van der Waals surface area (Å²) in [5.74, 6) is 0.917. The minimum atomic E-state index is 0.166. The van der Waals surface area contributed by atoms with Gasteiger partial charge < -0.3 is 5.32 Å². The van der Waals surface area contributed by atoms with Gasteiger partial charge in [-0.3, -0.25) is 9.48 Å². The average molecular weight is 235 g/mol. The molecule has 1 N–H and O–H groups in total. The number of rotatable bonds is 5. The number of aryl methyl sites for hydroxylation is 2. The lowest BCUT2D eigenvalue weighted by atomic mass is 10.1. The number of aromatic nitrogens is 2. The summed E-state index contributed by atoms with van der Waals surface area (Å²) in [5.41, 5.74) is 3.42. The maximum atomic E-state index is 11.6. The first kappa shape index (κ1) is 12.1. The van der Waals surface area contributed by atoms with Crippen molar-refractivity contribution < 1.29 is 4.79 Å². The lowest BCUT2D eigenvalue weighted by Crippen LogP contribution is -2.25. The number of nitrogens with zero attached hydrogens (tertiary/aromatic N) is 2. The monoisotopic (exact) mass is 235 g/mol. The van der Waals surface area contributed by atoms with Gasteiger partial charge in [-0.05, 0) is 44.6 Å². The third-order valence-electron chi connectivity index (χ3n) is 3.55. The third-order valence-corrected chi connectivity index (χ3v) is 3.55. The Balaban J connectivity index is 1.81. The summed E-state index contributed by atoms with van der Waals surface area (Å²) in [7, 11) is 1.94. The molecule has 17 heavy (non-hydrogen) atoms. The number of carbonyl (C=O) groups is 1. The summed E-state index contributed by atoms with van der Waals surface area (Å²) in [5, 5.41) is 7.35. The summed E-state index contributed by atoms with van der Waals surface area (Å²) in [4.78, 5) is 11.6. The first-order valence-corrected chi connectivity index (χ1v) is 6.33. The van der Waals surface area contributed by atoms with Crippen LogP contribution in [-0.4, -0.2) is 22.2 Å². The second-order valence-electron chi connectivity index (χ2n) is 5.02. The highest BCUT2D eigenvalue weighted by Crippen LogP contribution is 2.27. The molecule has 4 heteroatoms. The molecule has 2 rings (SSSR count). The van der Waals surface area contributed by atoms with E-state index in [1.165, 1.54) is 18.4 Å². The van der Waals surface area contributed by atoms with E-state index in [4.69, 9.17) is 0 Å². The van der Waals surface area contributed by atoms with Gasteiger partial charge in [-0.25, -0.2) is 0 Å². The molecule has 1 aliphatic rings. The fourth-order valence-electron chi connectivity index (χ4n) is 2.09. The van der Waals surface area contributed by atoms with E-state index in [1.807, 2.05) is 18.7 Å². The maximum absolute atomic E-state index is 11.6. The van der Waals surface area contributed by atoms with Crippen LogP contribution < -0.4 is 5.32 Å². The summed E-state index contributed by atoms with van der Waals surface area (Å²) < 4.78 is 1.88. The predicted molar refractivity (Wildman–Crippen MR) is 66.7 cm³/mol. The summed E-state index contributed by atoms with van der Waals surface area (Å²) in [6.45, 7) is 4.92. The van der Waals surface area contributed by atoms with E-state index in [-0.39, 0.29) is 5.91 Å². The van der Waals surface area contributed by atoms with Gasteiger partial charge in [0.05, 0.1) is 5.69 Å². The SMILES string of the molecule is Cc1nn(C)c(C)c1CCC(=O)NCC1CC1. The largest absolute Gasteiger partial charge is 0.356 e. The minimum absolute atomic E-state index is 0.166. The molecule has 1 fully saturated rings. The minimum Gasteiger partial charge on any atom is -0.356 e. The first-order valence-electron chi connectivity index (χ1n) is 6.33. The number of hydrogen-bond donors (Lipinski definition) is 1. The zero-order chi connectivity index (χ0) is 12.4. The highest BCUT2D eigenvalue weighted by atomic mass is 16.1. The van der Waals surface area contributed by atoms with Gasteiger partial charge in [-0.1, -0.05) is 0 Å². The van der Waals surface area contributed by atoms with E-state index >= 15 is 0 Å². The quantitative estimate of drug-likeness (QED) is 0.840. The molecule has 1 aliphatic carbocycles. The van der Waals surface area contributed by atoms with Gasteiger partial charge in [0.2, 0.25) is 5.91 Å². The van der Waals surface area contributed by atoms with Crippen molar-refractivity contribution in [3.63, 3.8) is 0 Å². The van der Waals surface area contributed by atoms with E-state index in [9.17, 15) is 4.79 Å². The molecule has 0 bridgehead atoms. The molecule has 1 aromatic heterocycles. The van der Waals surface area contributed by atoms with Crippen LogP contribution in [0, 0.1) is 19.8 Å². The van der Waals surface area contributed by atoms with Crippen molar-refractivity contribution in [2.75, 3.05) is 6.54 Å². The fraction of sp³-hybridized carbons (Fsp3) is 0.692. The molecule has 0 saturated heterocycles. The van der Waals surface area contributed by atoms with Crippen molar-refractivity contribution in [2.24, 2.45) is 13.0 Å². The Kier molecular flexibility index (Phi) is 3.50. The van der Waals surface area contributed by atoms with Gasteiger partial charge in [0.1, 0.15) is 0 Å². The fourth-order valence-corrected chi connectivity index (χ4v) is 2.09. The molecular weight excluding hydrogens is 214 g/mol. The van der Waals surface area contributed by atoms with Gasteiger partial charge >= 0.3 is 0 Å². The molecule has 94 valence electrons. The van der Waals surface area contributed by atoms with Crippen molar-refractivity contribution in [3.8, 4) is 0 Å². The Morgan fingerprint density at radius 1 is 1.47 bits per heavy atom. The predicted octanol–water partition coefficient (Wildman–Crippen LogP) is 1.50. The average Bonchev–Trinajstić information content (AvgIpc) is 3.06. The number of nitrogens with one attached hydrogen (secondary N) is 1. The Labute approximate surface area is 102 Å². The number of amides is 1. The summed E-state index contributed by atoms with van der Waals surface area (Å²) in [6, 6.07) is 0. The van der Waals surface area contributed by atoms with Gasteiger partial charge in [-0.15, -0.1) is 0 Å². The van der Waals surface area contributed by atoms with Crippen LogP contribution in [0.4, 0.5) is 0 Å².